The van der Waals surface area contributed by atoms with Gasteiger partial charge < -0.3 is 19.8 Å². The standard InChI is InChI=1S/C22H27N3O4/c1-13-17(19(27)25-20(23-13)21(2,3)4)18(26)24-14-8-9-15-16(12-14)29-22(28-15)10-6-5-7-11-22/h8-9,12H,5-7,10-11H2,1-4H3,(H,24,26)(H,23,25,27). The quantitative estimate of drug-likeness (QED) is 0.797. The van der Waals surface area contributed by atoms with Crippen molar-refractivity contribution in [2.24, 2.45) is 0 Å². The van der Waals surface area contributed by atoms with Gasteiger partial charge in [-0.25, -0.2) is 4.98 Å². The Hall–Kier alpha value is -2.83. The number of aryl methyl sites for hydroxylation is 1. The first kappa shape index (κ1) is 19.5. The molecule has 0 unspecified atom stereocenters. The number of rotatable bonds is 2. The number of hydrogen-bond donors (Lipinski definition) is 2. The average Bonchev–Trinajstić information content (AvgIpc) is 2.97. The second-order valence-corrected chi connectivity index (χ2v) is 8.92. The van der Waals surface area contributed by atoms with Gasteiger partial charge in [-0.2, -0.15) is 0 Å². The van der Waals surface area contributed by atoms with Gasteiger partial charge in [-0.3, -0.25) is 9.59 Å². The van der Waals surface area contributed by atoms with Crippen LogP contribution in [-0.2, 0) is 5.41 Å². The van der Waals surface area contributed by atoms with Crippen LogP contribution in [0, 0.1) is 6.92 Å². The third kappa shape index (κ3) is 3.73. The molecule has 2 N–H and O–H groups in total. The summed E-state index contributed by atoms with van der Waals surface area (Å²) in [5, 5.41) is 2.78. The Morgan fingerprint density at radius 3 is 2.48 bits per heavy atom. The summed E-state index contributed by atoms with van der Waals surface area (Å²) in [4.78, 5) is 32.4. The fourth-order valence-electron chi connectivity index (χ4n) is 3.87. The average molecular weight is 397 g/mol. The number of aromatic nitrogens is 2. The number of fused-ring (bicyclic) bond motifs is 1. The second kappa shape index (κ2) is 6.90. The van der Waals surface area contributed by atoms with E-state index in [4.69, 9.17) is 9.47 Å². The minimum atomic E-state index is -0.566. The van der Waals surface area contributed by atoms with E-state index in [1.54, 1.807) is 25.1 Å². The van der Waals surface area contributed by atoms with E-state index in [1.165, 1.54) is 6.42 Å². The van der Waals surface area contributed by atoms with Crippen LogP contribution in [0.15, 0.2) is 23.0 Å². The smallest absolute Gasteiger partial charge is 0.264 e. The van der Waals surface area contributed by atoms with Crippen LogP contribution >= 0.6 is 0 Å². The number of H-pyrrole nitrogens is 1. The Morgan fingerprint density at radius 1 is 1.14 bits per heavy atom. The molecule has 1 aromatic heterocycles. The Morgan fingerprint density at radius 2 is 1.83 bits per heavy atom. The lowest BCUT2D eigenvalue weighted by Crippen LogP contribution is -2.40. The Kier molecular flexibility index (Phi) is 4.63. The number of anilines is 1. The summed E-state index contributed by atoms with van der Waals surface area (Å²) in [6.07, 6.45) is 5.09. The molecule has 1 saturated carbocycles. The fraction of sp³-hybridized carbons (Fsp3) is 0.500. The maximum absolute atomic E-state index is 12.8. The SMILES string of the molecule is Cc1nc(C(C)(C)C)[nH]c(=O)c1C(=O)Nc1ccc2c(c1)OC1(CCCCC1)O2. The lowest BCUT2D eigenvalue weighted by Gasteiger charge is -2.31. The van der Waals surface area contributed by atoms with E-state index in [0.717, 1.165) is 25.7 Å². The number of benzene rings is 1. The molecular formula is C22H27N3O4. The molecule has 29 heavy (non-hydrogen) atoms. The zero-order valence-corrected chi connectivity index (χ0v) is 17.3. The van der Waals surface area contributed by atoms with Crippen molar-refractivity contribution in [3.63, 3.8) is 0 Å². The van der Waals surface area contributed by atoms with Crippen molar-refractivity contribution in [1.29, 1.82) is 0 Å². The summed E-state index contributed by atoms with van der Waals surface area (Å²) < 4.78 is 12.2. The van der Waals surface area contributed by atoms with E-state index in [9.17, 15) is 9.59 Å². The Labute approximate surface area is 169 Å². The van der Waals surface area contributed by atoms with Crippen molar-refractivity contribution < 1.29 is 14.3 Å². The van der Waals surface area contributed by atoms with Crippen molar-refractivity contribution in [3.05, 3.63) is 45.6 Å². The summed E-state index contributed by atoms with van der Waals surface area (Å²) in [7, 11) is 0. The van der Waals surface area contributed by atoms with Gasteiger partial charge in [0.15, 0.2) is 11.5 Å². The maximum atomic E-state index is 12.8. The molecule has 1 spiro atoms. The second-order valence-electron chi connectivity index (χ2n) is 8.92. The largest absolute Gasteiger partial charge is 0.448 e. The number of aromatic amines is 1. The fourth-order valence-corrected chi connectivity index (χ4v) is 3.87. The molecule has 2 aliphatic rings. The normalized spacial score (nSPS) is 17.4. The van der Waals surface area contributed by atoms with Crippen LogP contribution in [-0.4, -0.2) is 21.7 Å². The van der Waals surface area contributed by atoms with Crippen LogP contribution in [0.5, 0.6) is 11.5 Å². The highest BCUT2D eigenvalue weighted by molar-refractivity contribution is 6.04. The molecule has 0 bridgehead atoms. The zero-order chi connectivity index (χ0) is 20.8. The van der Waals surface area contributed by atoms with Crippen molar-refractivity contribution in [3.8, 4) is 11.5 Å². The van der Waals surface area contributed by atoms with Gasteiger partial charge in [0.2, 0.25) is 0 Å². The molecule has 7 heteroatoms. The molecule has 0 saturated heterocycles. The molecule has 1 aliphatic heterocycles. The van der Waals surface area contributed by atoms with Crippen LogP contribution in [0.25, 0.3) is 0 Å². The van der Waals surface area contributed by atoms with Gasteiger partial charge in [-0.05, 0) is 31.9 Å². The molecule has 0 atom stereocenters. The van der Waals surface area contributed by atoms with Gasteiger partial charge in [-0.15, -0.1) is 0 Å². The van der Waals surface area contributed by atoms with Gasteiger partial charge >= 0.3 is 0 Å². The van der Waals surface area contributed by atoms with Gasteiger partial charge in [0.05, 0.1) is 5.69 Å². The molecule has 1 aromatic carbocycles. The highest BCUT2D eigenvalue weighted by Gasteiger charge is 2.42. The van der Waals surface area contributed by atoms with Gasteiger partial charge in [0.25, 0.3) is 17.3 Å². The number of hydrogen-bond acceptors (Lipinski definition) is 5. The summed E-state index contributed by atoms with van der Waals surface area (Å²) in [5.74, 6) is 0.802. The monoisotopic (exact) mass is 397 g/mol. The van der Waals surface area contributed by atoms with E-state index in [1.807, 2.05) is 20.8 Å². The van der Waals surface area contributed by atoms with Gasteiger partial charge in [-0.1, -0.05) is 27.2 Å². The maximum Gasteiger partial charge on any atom is 0.264 e. The van der Waals surface area contributed by atoms with E-state index >= 15 is 0 Å². The predicted octanol–water partition coefficient (Wildman–Crippen LogP) is 4.06. The van der Waals surface area contributed by atoms with Gasteiger partial charge in [0, 0.05) is 30.0 Å². The number of amides is 1. The predicted molar refractivity (Wildman–Crippen MR) is 110 cm³/mol. The summed E-state index contributed by atoms with van der Waals surface area (Å²) >= 11 is 0. The minimum Gasteiger partial charge on any atom is -0.448 e. The van der Waals surface area contributed by atoms with Crippen LogP contribution < -0.4 is 20.3 Å². The summed E-state index contributed by atoms with van der Waals surface area (Å²) in [5.41, 5.74) is 0.203. The molecule has 154 valence electrons. The number of carbonyl (C=O) groups is 1. The number of ether oxygens (including phenoxy) is 2. The van der Waals surface area contributed by atoms with Crippen LogP contribution in [0.2, 0.25) is 0 Å². The van der Waals surface area contributed by atoms with Crippen LogP contribution in [0.1, 0.15) is 74.8 Å². The van der Waals surface area contributed by atoms with Crippen LogP contribution in [0.4, 0.5) is 5.69 Å². The molecule has 0 radical (unpaired) electrons. The van der Waals surface area contributed by atoms with E-state index in [0.29, 0.717) is 28.7 Å². The highest BCUT2D eigenvalue weighted by Crippen LogP contribution is 2.46. The van der Waals surface area contributed by atoms with E-state index in [-0.39, 0.29) is 11.0 Å². The summed E-state index contributed by atoms with van der Waals surface area (Å²) in [6.45, 7) is 7.54. The molecular weight excluding hydrogens is 370 g/mol. The number of carbonyl (C=O) groups excluding carboxylic acids is 1. The van der Waals surface area contributed by atoms with Crippen molar-refractivity contribution in [2.75, 3.05) is 5.32 Å². The van der Waals surface area contributed by atoms with Crippen molar-refractivity contribution in [2.45, 2.75) is 71.0 Å². The highest BCUT2D eigenvalue weighted by atomic mass is 16.7. The Balaban J connectivity index is 1.55. The topological polar surface area (TPSA) is 93.3 Å². The first-order valence-electron chi connectivity index (χ1n) is 10.1. The molecule has 4 rings (SSSR count). The lowest BCUT2D eigenvalue weighted by molar-refractivity contribution is -0.105. The molecule has 2 aromatic rings. The molecule has 1 aliphatic carbocycles. The van der Waals surface area contributed by atoms with E-state index in [2.05, 4.69) is 15.3 Å². The number of nitrogens with one attached hydrogen (secondary N) is 2. The van der Waals surface area contributed by atoms with Gasteiger partial charge in [0.1, 0.15) is 11.4 Å². The zero-order valence-electron chi connectivity index (χ0n) is 17.3. The van der Waals surface area contributed by atoms with Crippen molar-refractivity contribution >= 4 is 11.6 Å². The minimum absolute atomic E-state index is 0.0133. The lowest BCUT2D eigenvalue weighted by atomic mass is 9.94. The Bertz CT molecular complexity index is 1010. The third-order valence-electron chi connectivity index (χ3n) is 5.45. The van der Waals surface area contributed by atoms with Crippen LogP contribution in [0.3, 0.4) is 0 Å². The molecule has 1 fully saturated rings. The third-order valence-corrected chi connectivity index (χ3v) is 5.45. The molecule has 2 heterocycles. The summed E-state index contributed by atoms with van der Waals surface area (Å²) in [6, 6.07) is 5.30. The van der Waals surface area contributed by atoms with Crippen molar-refractivity contribution in [1.82, 2.24) is 9.97 Å². The molecule has 1 amide bonds. The first-order chi connectivity index (χ1) is 13.7. The molecule has 7 nitrogen and oxygen atoms in total. The van der Waals surface area contributed by atoms with E-state index < -0.39 is 17.3 Å². The first-order valence-corrected chi connectivity index (χ1v) is 10.1. The number of nitrogens with zero attached hydrogens (tertiary/aromatic N) is 1.